The lowest BCUT2D eigenvalue weighted by Crippen LogP contribution is -2.41. The smallest absolute Gasteiger partial charge is 0.328 e. The number of carbonyl (C=O) groups excluding carboxylic acids is 1. The molecule has 0 aliphatic rings. The predicted molar refractivity (Wildman–Crippen MR) is 76.1 cm³/mol. The van der Waals surface area contributed by atoms with Gasteiger partial charge >= 0.3 is 6.18 Å². The summed E-state index contributed by atoms with van der Waals surface area (Å²) >= 11 is 0. The number of rotatable bonds is 6. The zero-order valence-corrected chi connectivity index (χ0v) is 12.1. The van der Waals surface area contributed by atoms with Crippen molar-refractivity contribution in [2.24, 2.45) is 0 Å². The summed E-state index contributed by atoms with van der Waals surface area (Å²) in [5.74, 6) is -0.469. The molecular weight excluding hydrogens is 311 g/mol. The van der Waals surface area contributed by atoms with Gasteiger partial charge in [-0.3, -0.25) is 4.79 Å². The summed E-state index contributed by atoms with van der Waals surface area (Å²) in [6.07, 6.45) is -3.25. The number of hydrogen-bond acceptors (Lipinski definition) is 4. The van der Waals surface area contributed by atoms with E-state index in [2.05, 4.69) is 22.0 Å². The van der Waals surface area contributed by atoms with Gasteiger partial charge in [-0.15, -0.1) is 16.8 Å². The highest BCUT2D eigenvalue weighted by atomic mass is 19.4. The highest BCUT2D eigenvalue weighted by Gasteiger charge is 2.32. The highest BCUT2D eigenvalue weighted by Crippen LogP contribution is 2.17. The second-order valence-corrected chi connectivity index (χ2v) is 4.69. The second kappa shape index (κ2) is 7.03. The van der Waals surface area contributed by atoms with Crippen molar-refractivity contribution in [3.63, 3.8) is 0 Å². The molecule has 0 bridgehead atoms. The summed E-state index contributed by atoms with van der Waals surface area (Å²) in [6, 6.07) is 8.92. The molecule has 9 heteroatoms. The lowest BCUT2D eigenvalue weighted by atomic mass is 10.2. The van der Waals surface area contributed by atoms with E-state index in [0.717, 1.165) is 4.80 Å². The fraction of sp³-hybridized carbons (Fsp3) is 0.286. The molecule has 1 heterocycles. The van der Waals surface area contributed by atoms with E-state index in [-0.39, 0.29) is 6.54 Å². The van der Waals surface area contributed by atoms with E-state index in [1.807, 2.05) is 6.07 Å². The fourth-order valence-electron chi connectivity index (χ4n) is 1.86. The number of alkyl halides is 3. The third-order valence-electron chi connectivity index (χ3n) is 2.83. The molecule has 23 heavy (non-hydrogen) atoms. The minimum atomic E-state index is -4.48. The van der Waals surface area contributed by atoms with Gasteiger partial charge in [-0.1, -0.05) is 36.4 Å². The number of nitrogens with zero attached hydrogens (tertiary/aromatic N) is 5. The van der Waals surface area contributed by atoms with E-state index >= 15 is 0 Å². The minimum absolute atomic E-state index is 0.210. The number of hydrogen-bond donors (Lipinski definition) is 0. The van der Waals surface area contributed by atoms with Crippen LogP contribution in [0.2, 0.25) is 0 Å². The average molecular weight is 325 g/mol. The van der Waals surface area contributed by atoms with Crippen LogP contribution in [0.15, 0.2) is 43.0 Å². The van der Waals surface area contributed by atoms with Crippen molar-refractivity contribution in [2.75, 3.05) is 13.1 Å². The molecule has 0 fully saturated rings. The van der Waals surface area contributed by atoms with Gasteiger partial charge in [0.25, 0.3) is 0 Å². The maximum Gasteiger partial charge on any atom is 0.406 e. The molecule has 1 amide bonds. The summed E-state index contributed by atoms with van der Waals surface area (Å²) in [5, 5.41) is 11.5. The average Bonchev–Trinajstić information content (AvgIpc) is 2.95. The summed E-state index contributed by atoms with van der Waals surface area (Å²) in [4.78, 5) is 13.6. The molecule has 0 saturated carbocycles. The van der Waals surface area contributed by atoms with Gasteiger partial charge in [0.15, 0.2) is 0 Å². The Balaban J connectivity index is 2.07. The molecule has 6 nitrogen and oxygen atoms in total. The van der Waals surface area contributed by atoms with Crippen LogP contribution < -0.4 is 0 Å². The van der Waals surface area contributed by atoms with Crippen molar-refractivity contribution in [1.29, 1.82) is 0 Å². The number of halogens is 3. The van der Waals surface area contributed by atoms with Crippen LogP contribution in [0.4, 0.5) is 13.2 Å². The Morgan fingerprint density at radius 2 is 2.00 bits per heavy atom. The van der Waals surface area contributed by atoms with Crippen LogP contribution in [-0.2, 0) is 11.3 Å². The molecule has 1 aromatic carbocycles. The number of carbonyl (C=O) groups is 1. The second-order valence-electron chi connectivity index (χ2n) is 4.69. The summed E-state index contributed by atoms with van der Waals surface area (Å²) < 4.78 is 37.4. The van der Waals surface area contributed by atoms with Crippen LogP contribution in [0, 0.1) is 0 Å². The summed E-state index contributed by atoms with van der Waals surface area (Å²) in [5.41, 5.74) is 0.699. The van der Waals surface area contributed by atoms with Crippen molar-refractivity contribution in [2.45, 2.75) is 12.7 Å². The van der Waals surface area contributed by atoms with Gasteiger partial charge < -0.3 is 4.90 Å². The Morgan fingerprint density at radius 1 is 1.30 bits per heavy atom. The zero-order valence-electron chi connectivity index (χ0n) is 12.1. The Bertz CT molecular complexity index is 669. The third-order valence-corrected chi connectivity index (χ3v) is 2.83. The van der Waals surface area contributed by atoms with E-state index in [1.165, 1.54) is 6.08 Å². The van der Waals surface area contributed by atoms with E-state index in [4.69, 9.17) is 0 Å². The quantitative estimate of drug-likeness (QED) is 0.761. The Kier molecular flexibility index (Phi) is 5.09. The van der Waals surface area contributed by atoms with Gasteiger partial charge in [-0.2, -0.15) is 18.0 Å². The fourth-order valence-corrected chi connectivity index (χ4v) is 1.86. The Labute approximate surface area is 130 Å². The Morgan fingerprint density at radius 3 is 2.61 bits per heavy atom. The number of amides is 1. The molecule has 122 valence electrons. The van der Waals surface area contributed by atoms with Crippen LogP contribution in [0.25, 0.3) is 11.4 Å². The highest BCUT2D eigenvalue weighted by molar-refractivity contribution is 5.76. The van der Waals surface area contributed by atoms with E-state index in [0.29, 0.717) is 16.3 Å². The van der Waals surface area contributed by atoms with Crippen LogP contribution in [-0.4, -0.2) is 50.3 Å². The maximum absolute atomic E-state index is 12.5. The first-order chi connectivity index (χ1) is 10.9. The standard InChI is InChI=1S/C14H14F3N5O/c1-2-8-21(10-14(15,16)17)12(23)9-22-19-13(18-20-22)11-6-4-3-5-7-11/h2-7H,1,8-10H2. The molecule has 0 unspecified atom stereocenters. The van der Waals surface area contributed by atoms with Crippen LogP contribution in [0.5, 0.6) is 0 Å². The maximum atomic E-state index is 12.5. The van der Waals surface area contributed by atoms with Crippen molar-refractivity contribution in [1.82, 2.24) is 25.1 Å². The lowest BCUT2D eigenvalue weighted by Gasteiger charge is -2.22. The van der Waals surface area contributed by atoms with Gasteiger partial charge in [0.2, 0.25) is 11.7 Å². The first-order valence-corrected chi connectivity index (χ1v) is 6.67. The molecule has 0 saturated heterocycles. The molecule has 0 aliphatic heterocycles. The number of tetrazole rings is 1. The van der Waals surface area contributed by atoms with Crippen molar-refractivity contribution in [3.05, 3.63) is 43.0 Å². The van der Waals surface area contributed by atoms with Crippen molar-refractivity contribution in [3.8, 4) is 11.4 Å². The molecule has 0 radical (unpaired) electrons. The van der Waals surface area contributed by atoms with Gasteiger partial charge in [-0.25, -0.2) is 0 Å². The van der Waals surface area contributed by atoms with Crippen LogP contribution in [0.1, 0.15) is 0 Å². The molecule has 0 atom stereocenters. The Hall–Kier alpha value is -2.71. The van der Waals surface area contributed by atoms with Gasteiger partial charge in [0, 0.05) is 12.1 Å². The monoisotopic (exact) mass is 325 g/mol. The summed E-state index contributed by atoms with van der Waals surface area (Å²) in [6.45, 7) is 1.37. The van der Waals surface area contributed by atoms with Gasteiger partial charge in [0.05, 0.1) is 0 Å². The number of aromatic nitrogens is 4. The molecule has 2 rings (SSSR count). The van der Waals surface area contributed by atoms with Crippen molar-refractivity contribution < 1.29 is 18.0 Å². The zero-order chi connectivity index (χ0) is 16.9. The topological polar surface area (TPSA) is 63.9 Å². The van der Waals surface area contributed by atoms with Crippen LogP contribution in [0.3, 0.4) is 0 Å². The molecule has 0 N–H and O–H groups in total. The molecular formula is C14H14F3N5O. The van der Waals surface area contributed by atoms with Gasteiger partial charge in [0.1, 0.15) is 13.1 Å². The minimum Gasteiger partial charge on any atom is -0.328 e. The first-order valence-electron chi connectivity index (χ1n) is 6.67. The molecule has 0 aliphatic carbocycles. The predicted octanol–water partition coefficient (Wildman–Crippen LogP) is 1.92. The third kappa shape index (κ3) is 4.90. The van der Waals surface area contributed by atoms with E-state index in [1.54, 1.807) is 24.3 Å². The first kappa shape index (κ1) is 16.7. The van der Waals surface area contributed by atoms with Crippen molar-refractivity contribution >= 4 is 5.91 Å². The van der Waals surface area contributed by atoms with E-state index in [9.17, 15) is 18.0 Å². The molecule has 0 spiro atoms. The van der Waals surface area contributed by atoms with Crippen LogP contribution >= 0.6 is 0 Å². The molecule has 2 aromatic rings. The molecule has 1 aromatic heterocycles. The lowest BCUT2D eigenvalue weighted by molar-refractivity contribution is -0.160. The SMILES string of the molecule is C=CCN(CC(F)(F)F)C(=O)Cn1nnc(-c2ccccc2)n1. The summed E-state index contributed by atoms with van der Waals surface area (Å²) in [7, 11) is 0. The van der Waals surface area contributed by atoms with Gasteiger partial charge in [-0.05, 0) is 5.21 Å². The largest absolute Gasteiger partial charge is 0.406 e. The number of benzene rings is 1. The normalized spacial score (nSPS) is 11.3. The van der Waals surface area contributed by atoms with E-state index < -0.39 is 25.2 Å².